The highest BCUT2D eigenvalue weighted by Crippen LogP contribution is 2.14. The van der Waals surface area contributed by atoms with Gasteiger partial charge in [0.15, 0.2) is 6.10 Å². The number of benzene rings is 1. The summed E-state index contributed by atoms with van der Waals surface area (Å²) in [5.41, 5.74) is 0.617. The van der Waals surface area contributed by atoms with Crippen LogP contribution in [0.3, 0.4) is 0 Å². The molecule has 128 valence electrons. The van der Waals surface area contributed by atoms with E-state index in [-0.39, 0.29) is 18.3 Å². The van der Waals surface area contributed by atoms with E-state index in [0.29, 0.717) is 11.4 Å². The van der Waals surface area contributed by atoms with E-state index in [2.05, 4.69) is 10.4 Å². The lowest BCUT2D eigenvalue weighted by atomic mass is 10.1. The number of anilines is 1. The van der Waals surface area contributed by atoms with Gasteiger partial charge in [-0.25, -0.2) is 9.07 Å². The molecular weight excluding hydrogens is 313 g/mol. The second-order valence-corrected chi connectivity index (χ2v) is 5.68. The zero-order valence-corrected chi connectivity index (χ0v) is 13.8. The molecule has 0 saturated heterocycles. The molecule has 0 aliphatic rings. The van der Waals surface area contributed by atoms with E-state index in [4.69, 9.17) is 4.74 Å². The molecule has 1 aromatic heterocycles. The number of amides is 1. The Morgan fingerprint density at radius 2 is 1.88 bits per heavy atom. The highest BCUT2D eigenvalue weighted by molar-refractivity contribution is 5.94. The van der Waals surface area contributed by atoms with Gasteiger partial charge in [0.05, 0.1) is 12.6 Å². The first-order valence-electron chi connectivity index (χ1n) is 7.65. The Labute approximate surface area is 139 Å². The lowest BCUT2D eigenvalue weighted by Gasteiger charge is -2.15. The minimum Gasteiger partial charge on any atom is -0.452 e. The normalized spacial score (nSPS) is 12.0. The summed E-state index contributed by atoms with van der Waals surface area (Å²) in [4.78, 5) is 24.0. The van der Waals surface area contributed by atoms with Crippen LogP contribution >= 0.6 is 0 Å². The largest absolute Gasteiger partial charge is 0.452 e. The summed E-state index contributed by atoms with van der Waals surface area (Å²) in [6, 6.07) is 7.31. The highest BCUT2D eigenvalue weighted by Gasteiger charge is 2.20. The molecule has 1 aromatic carbocycles. The number of nitrogens with zero attached hydrogens (tertiary/aromatic N) is 2. The first kappa shape index (κ1) is 17.7. The third-order valence-electron chi connectivity index (χ3n) is 3.35. The fraction of sp³-hybridized carbons (Fsp3) is 0.353. The molecule has 0 saturated carbocycles. The van der Waals surface area contributed by atoms with Crippen LogP contribution < -0.4 is 5.32 Å². The lowest BCUT2D eigenvalue weighted by molar-refractivity contribution is -0.152. The summed E-state index contributed by atoms with van der Waals surface area (Å²) in [6.45, 7) is 5.37. The smallest absolute Gasteiger partial charge is 0.311 e. The van der Waals surface area contributed by atoms with Crippen LogP contribution in [0.4, 0.5) is 10.2 Å². The molecule has 6 nitrogen and oxygen atoms in total. The van der Waals surface area contributed by atoms with Crippen molar-refractivity contribution in [1.82, 2.24) is 9.78 Å². The van der Waals surface area contributed by atoms with E-state index >= 15 is 0 Å². The number of hydrogen-bond donors (Lipinski definition) is 1. The Balaban J connectivity index is 1.90. The maximum Gasteiger partial charge on any atom is 0.311 e. The predicted molar refractivity (Wildman–Crippen MR) is 86.9 cm³/mol. The third-order valence-corrected chi connectivity index (χ3v) is 3.35. The van der Waals surface area contributed by atoms with Gasteiger partial charge >= 0.3 is 5.97 Å². The first-order chi connectivity index (χ1) is 11.4. The van der Waals surface area contributed by atoms with Gasteiger partial charge in [-0.05, 0) is 38.5 Å². The molecule has 2 aromatic rings. The van der Waals surface area contributed by atoms with Crippen LogP contribution in [0.2, 0.25) is 0 Å². The zero-order chi connectivity index (χ0) is 17.7. The quantitative estimate of drug-likeness (QED) is 0.825. The van der Waals surface area contributed by atoms with Crippen molar-refractivity contribution in [3.63, 3.8) is 0 Å². The average molecular weight is 333 g/mol. The number of esters is 1. The maximum absolute atomic E-state index is 12.8. The molecule has 1 N–H and O–H groups in total. The molecule has 1 amide bonds. The van der Waals surface area contributed by atoms with Gasteiger partial charge in [0.1, 0.15) is 11.6 Å². The van der Waals surface area contributed by atoms with Gasteiger partial charge in [-0.15, -0.1) is 0 Å². The summed E-state index contributed by atoms with van der Waals surface area (Å²) >= 11 is 0. The molecule has 1 atom stereocenters. The first-order valence-corrected chi connectivity index (χ1v) is 7.65. The summed E-state index contributed by atoms with van der Waals surface area (Å²) in [6.07, 6.45) is 0.608. The number of rotatable bonds is 6. The van der Waals surface area contributed by atoms with Crippen molar-refractivity contribution in [2.24, 2.45) is 0 Å². The van der Waals surface area contributed by atoms with Crippen LogP contribution in [0, 0.1) is 5.82 Å². The van der Waals surface area contributed by atoms with Crippen molar-refractivity contribution in [2.45, 2.75) is 39.3 Å². The van der Waals surface area contributed by atoms with Gasteiger partial charge in [-0.2, -0.15) is 5.10 Å². The van der Waals surface area contributed by atoms with Crippen molar-refractivity contribution < 1.29 is 18.7 Å². The monoisotopic (exact) mass is 333 g/mol. The third kappa shape index (κ3) is 4.65. The fourth-order valence-electron chi connectivity index (χ4n) is 2.11. The Bertz CT molecular complexity index is 710. The van der Waals surface area contributed by atoms with Gasteiger partial charge in [-0.1, -0.05) is 12.1 Å². The van der Waals surface area contributed by atoms with Gasteiger partial charge < -0.3 is 10.1 Å². The molecule has 24 heavy (non-hydrogen) atoms. The maximum atomic E-state index is 12.8. The Morgan fingerprint density at radius 1 is 1.21 bits per heavy atom. The van der Waals surface area contributed by atoms with Crippen LogP contribution in [-0.4, -0.2) is 27.8 Å². The number of aromatic nitrogens is 2. The van der Waals surface area contributed by atoms with E-state index in [0.717, 1.165) is 0 Å². The molecule has 7 heteroatoms. The van der Waals surface area contributed by atoms with Gasteiger partial charge in [0, 0.05) is 12.1 Å². The molecule has 0 radical (unpaired) electrons. The van der Waals surface area contributed by atoms with Gasteiger partial charge in [0.25, 0.3) is 5.91 Å². The molecule has 0 spiro atoms. The SMILES string of the molecule is CC(C)n1nccc1NC(=O)[C@@H](C)OC(=O)Cc1ccc(F)cc1. The van der Waals surface area contributed by atoms with E-state index in [1.165, 1.54) is 31.2 Å². The number of ether oxygens (including phenoxy) is 1. The standard InChI is InChI=1S/C17H20FN3O3/c1-11(2)21-15(8-9-19-21)20-17(23)12(3)24-16(22)10-13-4-6-14(18)7-5-13/h4-9,11-12H,10H2,1-3H3,(H,20,23)/t12-/m1/s1. The van der Waals surface area contributed by atoms with Crippen molar-refractivity contribution in [2.75, 3.05) is 5.32 Å². The number of hydrogen-bond acceptors (Lipinski definition) is 4. The van der Waals surface area contributed by atoms with Gasteiger partial charge in [0.2, 0.25) is 0 Å². The summed E-state index contributed by atoms with van der Waals surface area (Å²) in [5.74, 6) is -0.829. The van der Waals surface area contributed by atoms with Crippen LogP contribution in [0.25, 0.3) is 0 Å². The Morgan fingerprint density at radius 3 is 2.50 bits per heavy atom. The van der Waals surface area contributed by atoms with Crippen LogP contribution in [0.15, 0.2) is 36.5 Å². The van der Waals surface area contributed by atoms with Crippen LogP contribution in [0.5, 0.6) is 0 Å². The number of nitrogens with one attached hydrogen (secondary N) is 1. The summed E-state index contributed by atoms with van der Waals surface area (Å²) < 4.78 is 19.6. The van der Waals surface area contributed by atoms with Crippen molar-refractivity contribution in [3.05, 3.63) is 47.9 Å². The number of carbonyl (C=O) groups excluding carboxylic acids is 2. The van der Waals surface area contributed by atoms with Gasteiger partial charge in [-0.3, -0.25) is 9.59 Å². The van der Waals surface area contributed by atoms with Crippen molar-refractivity contribution in [1.29, 1.82) is 0 Å². The number of halogens is 1. The molecule has 0 bridgehead atoms. The van der Waals surface area contributed by atoms with Crippen LogP contribution in [-0.2, 0) is 20.7 Å². The number of carbonyl (C=O) groups is 2. The van der Waals surface area contributed by atoms with E-state index in [1.807, 2.05) is 13.8 Å². The van der Waals surface area contributed by atoms with Crippen LogP contribution in [0.1, 0.15) is 32.4 Å². The molecule has 2 rings (SSSR count). The average Bonchev–Trinajstić information content (AvgIpc) is 2.97. The molecular formula is C17H20FN3O3. The van der Waals surface area contributed by atoms with E-state index < -0.39 is 18.0 Å². The molecule has 1 heterocycles. The summed E-state index contributed by atoms with van der Waals surface area (Å²) in [5, 5.41) is 6.80. The second-order valence-electron chi connectivity index (χ2n) is 5.68. The molecule has 0 aliphatic carbocycles. The lowest BCUT2D eigenvalue weighted by Crippen LogP contribution is -2.31. The van der Waals surface area contributed by atoms with Crippen molar-refractivity contribution in [3.8, 4) is 0 Å². The highest BCUT2D eigenvalue weighted by atomic mass is 19.1. The topological polar surface area (TPSA) is 73.2 Å². The minimum absolute atomic E-state index is 0.0260. The van der Waals surface area contributed by atoms with E-state index in [1.54, 1.807) is 16.9 Å². The summed E-state index contributed by atoms with van der Waals surface area (Å²) in [7, 11) is 0. The molecule has 0 fully saturated rings. The van der Waals surface area contributed by atoms with Crippen molar-refractivity contribution >= 4 is 17.7 Å². The van der Waals surface area contributed by atoms with E-state index in [9.17, 15) is 14.0 Å². The molecule has 0 unspecified atom stereocenters. The Hall–Kier alpha value is -2.70. The minimum atomic E-state index is -0.950. The fourth-order valence-corrected chi connectivity index (χ4v) is 2.11. The molecule has 0 aliphatic heterocycles. The zero-order valence-electron chi connectivity index (χ0n) is 13.8. The Kier molecular flexibility index (Phi) is 5.68. The second kappa shape index (κ2) is 7.72. The predicted octanol–water partition coefficient (Wildman–Crippen LogP) is 2.72.